The van der Waals surface area contributed by atoms with Crippen LogP contribution in [0.3, 0.4) is 0 Å². The molecular formula is C21H18ClFN6O3. The second kappa shape index (κ2) is 8.75. The third kappa shape index (κ3) is 3.92. The van der Waals surface area contributed by atoms with Crippen LogP contribution in [0.1, 0.15) is 35.9 Å². The molecule has 0 fully saturated rings. The summed E-state index contributed by atoms with van der Waals surface area (Å²) < 4.78 is 21.0. The fraction of sp³-hybridized carbons (Fsp3) is 0.190. The van der Waals surface area contributed by atoms with Gasteiger partial charge in [0.1, 0.15) is 23.3 Å². The predicted octanol–water partition coefficient (Wildman–Crippen LogP) is 4.48. The van der Waals surface area contributed by atoms with Gasteiger partial charge in [0.25, 0.3) is 0 Å². The SMILES string of the molecule is CCOc1c(C(C)Nc2ncnc3nc[nH]c23)cc(Cl)c(F)c1-c1ccc(C(=O)O)nc1. The lowest BCUT2D eigenvalue weighted by Crippen LogP contribution is -2.12. The Morgan fingerprint density at radius 1 is 1.31 bits per heavy atom. The van der Waals surface area contributed by atoms with E-state index in [-0.39, 0.29) is 28.6 Å². The van der Waals surface area contributed by atoms with Gasteiger partial charge in [-0.2, -0.15) is 0 Å². The van der Waals surface area contributed by atoms with Gasteiger partial charge in [0.05, 0.1) is 29.6 Å². The summed E-state index contributed by atoms with van der Waals surface area (Å²) in [4.78, 5) is 30.5. The van der Waals surface area contributed by atoms with Gasteiger partial charge in [-0.1, -0.05) is 17.7 Å². The van der Waals surface area contributed by atoms with E-state index in [0.717, 1.165) is 0 Å². The molecule has 0 aliphatic carbocycles. The summed E-state index contributed by atoms with van der Waals surface area (Å²) in [5.74, 6) is -1.08. The minimum absolute atomic E-state index is 0.0989. The van der Waals surface area contributed by atoms with Crippen LogP contribution in [0.25, 0.3) is 22.3 Å². The number of carboxylic acid groups (broad SMARTS) is 1. The molecule has 0 saturated carbocycles. The van der Waals surface area contributed by atoms with Gasteiger partial charge in [-0.25, -0.2) is 29.1 Å². The van der Waals surface area contributed by atoms with Crippen LogP contribution in [0.4, 0.5) is 10.2 Å². The summed E-state index contributed by atoms with van der Waals surface area (Å²) in [5, 5.41) is 12.2. The minimum atomic E-state index is -1.18. The average Bonchev–Trinajstić information content (AvgIpc) is 3.26. The molecule has 3 aromatic heterocycles. The van der Waals surface area contributed by atoms with Gasteiger partial charge in [0.15, 0.2) is 17.3 Å². The van der Waals surface area contributed by atoms with Crippen molar-refractivity contribution < 1.29 is 19.0 Å². The summed E-state index contributed by atoms with van der Waals surface area (Å²) in [6.07, 6.45) is 4.18. The fourth-order valence-electron chi connectivity index (χ4n) is 3.33. The van der Waals surface area contributed by atoms with Crippen LogP contribution in [0, 0.1) is 5.82 Å². The highest BCUT2D eigenvalue weighted by atomic mass is 35.5. The van der Waals surface area contributed by atoms with E-state index in [1.807, 2.05) is 6.92 Å². The number of nitrogens with zero attached hydrogens (tertiary/aromatic N) is 4. The molecule has 0 saturated heterocycles. The van der Waals surface area contributed by atoms with E-state index < -0.39 is 17.8 Å². The van der Waals surface area contributed by atoms with E-state index >= 15 is 4.39 Å². The lowest BCUT2D eigenvalue weighted by molar-refractivity contribution is 0.0690. The van der Waals surface area contributed by atoms with Crippen molar-refractivity contribution in [1.82, 2.24) is 24.9 Å². The molecular weight excluding hydrogens is 439 g/mol. The van der Waals surface area contributed by atoms with Gasteiger partial charge in [0, 0.05) is 17.3 Å². The number of fused-ring (bicyclic) bond motifs is 1. The second-order valence-corrected chi connectivity index (χ2v) is 7.23. The molecule has 1 unspecified atom stereocenters. The maximum absolute atomic E-state index is 15.2. The number of H-pyrrole nitrogens is 1. The number of benzene rings is 1. The van der Waals surface area contributed by atoms with Crippen LogP contribution < -0.4 is 10.1 Å². The zero-order valence-electron chi connectivity index (χ0n) is 17.1. The van der Waals surface area contributed by atoms with Crippen molar-refractivity contribution in [3.8, 4) is 16.9 Å². The van der Waals surface area contributed by atoms with Crippen molar-refractivity contribution in [2.45, 2.75) is 19.9 Å². The van der Waals surface area contributed by atoms with Gasteiger partial charge >= 0.3 is 5.97 Å². The van der Waals surface area contributed by atoms with Crippen LogP contribution >= 0.6 is 11.6 Å². The molecule has 4 rings (SSSR count). The summed E-state index contributed by atoms with van der Waals surface area (Å²) in [5.41, 5.74) is 1.99. The number of carboxylic acids is 1. The highest BCUT2D eigenvalue weighted by molar-refractivity contribution is 6.31. The molecule has 3 N–H and O–H groups in total. The molecule has 9 nitrogen and oxygen atoms in total. The van der Waals surface area contributed by atoms with Gasteiger partial charge < -0.3 is 20.1 Å². The van der Waals surface area contributed by atoms with Crippen molar-refractivity contribution in [1.29, 1.82) is 0 Å². The molecule has 0 bridgehead atoms. The largest absolute Gasteiger partial charge is 0.493 e. The normalized spacial score (nSPS) is 12.0. The number of hydrogen-bond acceptors (Lipinski definition) is 7. The lowest BCUT2D eigenvalue weighted by atomic mass is 9.98. The Balaban J connectivity index is 1.81. The number of nitrogens with one attached hydrogen (secondary N) is 2. The quantitative estimate of drug-likeness (QED) is 0.371. The van der Waals surface area contributed by atoms with E-state index in [1.54, 1.807) is 6.92 Å². The lowest BCUT2D eigenvalue weighted by Gasteiger charge is -2.22. The summed E-state index contributed by atoms with van der Waals surface area (Å²) in [6.45, 7) is 3.90. The number of rotatable bonds is 7. The Labute approximate surface area is 186 Å². The molecule has 1 aromatic carbocycles. The predicted molar refractivity (Wildman–Crippen MR) is 116 cm³/mol. The molecule has 164 valence electrons. The fourth-order valence-corrected chi connectivity index (χ4v) is 3.55. The standard InChI is InChI=1S/C21H18ClFN6O3/c1-3-32-18-12(10(2)29-20-17-19(26-8-25-17)27-9-28-20)6-13(22)16(23)15(18)11-4-5-14(21(30)31)24-7-11/h4-10H,3H2,1-2H3,(H,30,31)(H2,25,26,27,28,29). The summed E-state index contributed by atoms with van der Waals surface area (Å²) in [6, 6.07) is 3.85. The van der Waals surface area contributed by atoms with Crippen molar-refractivity contribution >= 4 is 34.6 Å². The molecule has 0 amide bonds. The summed E-state index contributed by atoms with van der Waals surface area (Å²) >= 11 is 6.23. The molecule has 0 spiro atoms. The first-order valence-corrected chi connectivity index (χ1v) is 10.0. The van der Waals surface area contributed by atoms with Gasteiger partial charge in [-0.15, -0.1) is 0 Å². The van der Waals surface area contributed by atoms with Gasteiger partial charge in [0.2, 0.25) is 0 Å². The zero-order chi connectivity index (χ0) is 22.8. The van der Waals surface area contributed by atoms with Gasteiger partial charge in [-0.3, -0.25) is 0 Å². The van der Waals surface area contributed by atoms with Crippen molar-refractivity contribution in [2.75, 3.05) is 11.9 Å². The molecule has 3 heterocycles. The number of carbonyl (C=O) groups is 1. The third-order valence-corrected chi connectivity index (χ3v) is 5.08. The molecule has 1 atom stereocenters. The first-order valence-electron chi connectivity index (χ1n) is 9.65. The van der Waals surface area contributed by atoms with Crippen LogP contribution in [0.15, 0.2) is 37.1 Å². The number of ether oxygens (including phenoxy) is 1. The monoisotopic (exact) mass is 456 g/mol. The molecule has 11 heteroatoms. The Kier molecular flexibility index (Phi) is 5.87. The third-order valence-electron chi connectivity index (χ3n) is 4.80. The average molecular weight is 457 g/mol. The first kappa shape index (κ1) is 21.4. The number of aromatic nitrogens is 5. The van der Waals surface area contributed by atoms with E-state index in [2.05, 4.69) is 30.2 Å². The van der Waals surface area contributed by atoms with Crippen LogP contribution in [0.5, 0.6) is 5.75 Å². The molecule has 0 radical (unpaired) electrons. The Morgan fingerprint density at radius 3 is 2.81 bits per heavy atom. The smallest absolute Gasteiger partial charge is 0.354 e. The highest BCUT2D eigenvalue weighted by Crippen LogP contribution is 2.42. The number of pyridine rings is 1. The van der Waals surface area contributed by atoms with Crippen LogP contribution in [-0.4, -0.2) is 42.6 Å². The number of aromatic carboxylic acids is 1. The number of halogens is 2. The van der Waals surface area contributed by atoms with E-state index in [4.69, 9.17) is 21.4 Å². The number of aromatic amines is 1. The Hall–Kier alpha value is -3.79. The molecule has 32 heavy (non-hydrogen) atoms. The van der Waals surface area contributed by atoms with E-state index in [9.17, 15) is 4.79 Å². The Bertz CT molecular complexity index is 1290. The molecule has 0 aliphatic rings. The van der Waals surface area contributed by atoms with Crippen molar-refractivity contribution in [2.24, 2.45) is 0 Å². The van der Waals surface area contributed by atoms with E-state index in [0.29, 0.717) is 28.1 Å². The van der Waals surface area contributed by atoms with Crippen LogP contribution in [0.2, 0.25) is 5.02 Å². The maximum atomic E-state index is 15.2. The molecule has 4 aromatic rings. The van der Waals surface area contributed by atoms with Gasteiger partial charge in [-0.05, 0) is 26.0 Å². The number of anilines is 1. The Morgan fingerprint density at radius 2 is 2.12 bits per heavy atom. The van der Waals surface area contributed by atoms with Crippen molar-refractivity contribution in [3.63, 3.8) is 0 Å². The van der Waals surface area contributed by atoms with Crippen molar-refractivity contribution in [3.05, 3.63) is 59.1 Å². The van der Waals surface area contributed by atoms with E-state index in [1.165, 1.54) is 37.1 Å². The highest BCUT2D eigenvalue weighted by Gasteiger charge is 2.24. The minimum Gasteiger partial charge on any atom is -0.493 e. The maximum Gasteiger partial charge on any atom is 0.354 e. The van der Waals surface area contributed by atoms with Crippen LogP contribution in [-0.2, 0) is 0 Å². The second-order valence-electron chi connectivity index (χ2n) is 6.83. The summed E-state index contributed by atoms with van der Waals surface area (Å²) in [7, 11) is 0. The topological polar surface area (TPSA) is 126 Å². The number of imidazole rings is 1. The number of hydrogen-bond donors (Lipinski definition) is 3. The zero-order valence-corrected chi connectivity index (χ0v) is 17.8. The first-order chi connectivity index (χ1) is 15.4. The molecule has 0 aliphatic heterocycles.